The quantitative estimate of drug-likeness (QED) is 0.270. The number of aryl methyl sites for hydroxylation is 1. The number of carbonyl (C=O) groups excluding carboxylic acids is 1. The first-order chi connectivity index (χ1) is 14.6. The van der Waals surface area contributed by atoms with Gasteiger partial charge in [0, 0.05) is 29.2 Å². The number of para-hydroxylation sites is 1. The van der Waals surface area contributed by atoms with Crippen molar-refractivity contribution in [3.63, 3.8) is 0 Å². The number of aromatic nitrogens is 1. The zero-order chi connectivity index (χ0) is 22.8. The smallest absolute Gasteiger partial charge is 0.250 e. The minimum absolute atomic E-state index is 0.0839. The van der Waals surface area contributed by atoms with Crippen molar-refractivity contribution < 1.29 is 14.0 Å². The second-order valence-corrected chi connectivity index (χ2v) is 13.9. The van der Waals surface area contributed by atoms with Crippen LogP contribution in [-0.2, 0) is 6.54 Å². The lowest BCUT2D eigenvalue weighted by Crippen LogP contribution is -2.43. The van der Waals surface area contributed by atoms with Gasteiger partial charge in [0.25, 0.3) is 8.32 Å². The van der Waals surface area contributed by atoms with Crippen molar-refractivity contribution in [3.05, 3.63) is 59.8 Å². The van der Waals surface area contributed by atoms with E-state index in [2.05, 4.69) is 57.2 Å². The van der Waals surface area contributed by atoms with Crippen molar-refractivity contribution >= 4 is 25.0 Å². The molecule has 0 aliphatic heterocycles. The number of ketones is 1. The minimum atomic E-state index is -1.99. The third kappa shape index (κ3) is 4.70. The van der Waals surface area contributed by atoms with Crippen molar-refractivity contribution in [1.82, 2.24) is 4.57 Å². The van der Waals surface area contributed by atoms with Crippen LogP contribution in [0.3, 0.4) is 0 Å². The van der Waals surface area contributed by atoms with Gasteiger partial charge in [0.1, 0.15) is 5.75 Å². The normalized spacial score (nSPS) is 11.7. The van der Waals surface area contributed by atoms with E-state index < -0.39 is 8.32 Å². The van der Waals surface area contributed by atoms with Crippen LogP contribution in [0.25, 0.3) is 10.9 Å². The fourth-order valence-corrected chi connectivity index (χ4v) is 4.17. The average Bonchev–Trinajstić information content (AvgIpc) is 3.10. The Hall–Kier alpha value is -2.97. The molecular formula is C26H31NO3Si. The summed E-state index contributed by atoms with van der Waals surface area (Å²) in [6.45, 7) is 13.9. The molecule has 0 atom stereocenters. The topological polar surface area (TPSA) is 40.5 Å². The first kappa shape index (κ1) is 22.7. The number of Topliss-reactive ketones (excluding diaryl/α,β-unsaturated/α-hetero) is 1. The summed E-state index contributed by atoms with van der Waals surface area (Å²) < 4.78 is 14.0. The van der Waals surface area contributed by atoms with Gasteiger partial charge in [-0.25, -0.2) is 0 Å². The molecular weight excluding hydrogens is 402 g/mol. The number of carbonyl (C=O) groups is 1. The Bertz CT molecular complexity index is 1170. The van der Waals surface area contributed by atoms with Gasteiger partial charge in [-0.2, -0.15) is 0 Å². The van der Waals surface area contributed by atoms with Gasteiger partial charge in [0.15, 0.2) is 5.75 Å². The highest BCUT2D eigenvalue weighted by molar-refractivity contribution is 6.74. The van der Waals surface area contributed by atoms with Gasteiger partial charge < -0.3 is 13.7 Å². The van der Waals surface area contributed by atoms with Crippen LogP contribution in [-0.4, -0.2) is 25.8 Å². The molecule has 162 valence electrons. The summed E-state index contributed by atoms with van der Waals surface area (Å²) in [5, 5.41) is 1.01. The molecule has 0 fully saturated rings. The molecule has 0 bridgehead atoms. The van der Waals surface area contributed by atoms with Crippen LogP contribution in [0.2, 0.25) is 18.1 Å². The first-order valence-corrected chi connectivity index (χ1v) is 13.5. The molecule has 0 saturated carbocycles. The van der Waals surface area contributed by atoms with E-state index in [4.69, 9.17) is 9.16 Å². The fraction of sp³-hybridized carbons (Fsp3) is 0.346. The summed E-state index contributed by atoms with van der Waals surface area (Å²) in [7, 11) is -0.370. The summed E-state index contributed by atoms with van der Waals surface area (Å²) in [6, 6.07) is 13.5. The van der Waals surface area contributed by atoms with Crippen molar-refractivity contribution in [2.45, 2.75) is 52.4 Å². The Morgan fingerprint density at radius 1 is 1.10 bits per heavy atom. The number of ether oxygens (including phenoxy) is 1. The number of benzene rings is 2. The van der Waals surface area contributed by atoms with E-state index in [1.807, 2.05) is 48.7 Å². The molecule has 0 amide bonds. The van der Waals surface area contributed by atoms with Crippen molar-refractivity contribution in [2.75, 3.05) is 7.11 Å². The Morgan fingerprint density at radius 2 is 1.81 bits per heavy atom. The maximum absolute atomic E-state index is 12.8. The van der Waals surface area contributed by atoms with Crippen LogP contribution >= 0.6 is 0 Å². The summed E-state index contributed by atoms with van der Waals surface area (Å²) >= 11 is 0. The van der Waals surface area contributed by atoms with E-state index in [-0.39, 0.29) is 10.8 Å². The largest absolute Gasteiger partial charge is 0.541 e. The zero-order valence-corrected chi connectivity index (χ0v) is 20.5. The summed E-state index contributed by atoms with van der Waals surface area (Å²) in [5.74, 6) is 6.95. The maximum Gasteiger partial charge on any atom is 0.250 e. The lowest BCUT2D eigenvalue weighted by atomic mass is 10.1. The van der Waals surface area contributed by atoms with Gasteiger partial charge in [-0.05, 0) is 55.2 Å². The zero-order valence-electron chi connectivity index (χ0n) is 19.5. The van der Waals surface area contributed by atoms with Crippen molar-refractivity contribution in [2.24, 2.45) is 0 Å². The predicted molar refractivity (Wildman–Crippen MR) is 130 cm³/mol. The van der Waals surface area contributed by atoms with Gasteiger partial charge >= 0.3 is 0 Å². The van der Waals surface area contributed by atoms with E-state index in [1.54, 1.807) is 7.11 Å². The lowest BCUT2D eigenvalue weighted by Gasteiger charge is -2.36. The van der Waals surface area contributed by atoms with Crippen LogP contribution in [0.1, 0.15) is 43.6 Å². The van der Waals surface area contributed by atoms with Crippen LogP contribution in [0, 0.1) is 11.8 Å². The molecule has 3 aromatic rings. The van der Waals surface area contributed by atoms with Gasteiger partial charge in [0.05, 0.1) is 12.7 Å². The number of hydrogen-bond donors (Lipinski definition) is 0. The SMILES string of the molecule is CCn1cc(C(=O)C#Cc2ccc(O[Si](C)(C)C(C)(C)C)c(OC)c2)c2ccccc21. The Labute approximate surface area is 186 Å². The van der Waals surface area contributed by atoms with Crippen molar-refractivity contribution in [1.29, 1.82) is 0 Å². The Kier molecular flexibility index (Phi) is 6.33. The first-order valence-electron chi connectivity index (χ1n) is 10.6. The number of methoxy groups -OCH3 is 1. The van der Waals surface area contributed by atoms with Crippen molar-refractivity contribution in [3.8, 4) is 23.3 Å². The molecule has 31 heavy (non-hydrogen) atoms. The average molecular weight is 434 g/mol. The number of nitrogens with zero attached hydrogens (tertiary/aromatic N) is 1. The van der Waals surface area contributed by atoms with Gasteiger partial charge in [-0.15, -0.1) is 0 Å². The molecule has 0 spiro atoms. The van der Waals surface area contributed by atoms with E-state index in [9.17, 15) is 4.79 Å². The van der Waals surface area contributed by atoms with Crippen LogP contribution in [0.5, 0.6) is 11.5 Å². The molecule has 0 aliphatic rings. The fourth-order valence-electron chi connectivity index (χ4n) is 3.14. The van der Waals surface area contributed by atoms with E-state index >= 15 is 0 Å². The van der Waals surface area contributed by atoms with Gasteiger partial charge in [-0.1, -0.05) is 44.9 Å². The second kappa shape index (κ2) is 8.64. The molecule has 4 nitrogen and oxygen atoms in total. The molecule has 1 heterocycles. The van der Waals surface area contributed by atoms with Crippen LogP contribution < -0.4 is 9.16 Å². The third-order valence-electron chi connectivity index (χ3n) is 6.03. The highest BCUT2D eigenvalue weighted by atomic mass is 28.4. The van der Waals surface area contributed by atoms with E-state index in [1.165, 1.54) is 0 Å². The summed E-state index contributed by atoms with van der Waals surface area (Å²) in [6.07, 6.45) is 1.89. The minimum Gasteiger partial charge on any atom is -0.541 e. The molecule has 0 N–H and O–H groups in total. The van der Waals surface area contributed by atoms with Gasteiger partial charge in [-0.3, -0.25) is 4.79 Å². The standard InChI is InChI=1S/C26H31NO3Si/c1-8-27-18-21(20-11-9-10-12-22(20)27)23(28)15-13-19-14-16-24(25(17-19)29-5)30-31(6,7)26(2,3)4/h9-12,14,16-18H,8H2,1-7H3. The molecule has 5 heteroatoms. The molecule has 1 aromatic heterocycles. The van der Waals surface area contributed by atoms with Crippen LogP contribution in [0.4, 0.5) is 0 Å². The summed E-state index contributed by atoms with van der Waals surface area (Å²) in [5.41, 5.74) is 2.39. The highest BCUT2D eigenvalue weighted by Gasteiger charge is 2.39. The van der Waals surface area contributed by atoms with Crippen LogP contribution in [0.15, 0.2) is 48.7 Å². The van der Waals surface area contributed by atoms with Gasteiger partial charge in [0.2, 0.25) is 5.78 Å². The number of rotatable bonds is 5. The van der Waals surface area contributed by atoms with E-state index in [0.29, 0.717) is 16.9 Å². The predicted octanol–water partition coefficient (Wildman–Crippen LogP) is 6.29. The highest BCUT2D eigenvalue weighted by Crippen LogP contribution is 2.40. The molecule has 0 saturated heterocycles. The van der Waals surface area contributed by atoms with E-state index in [0.717, 1.165) is 23.2 Å². The molecule has 0 unspecified atom stereocenters. The summed E-state index contributed by atoms with van der Waals surface area (Å²) in [4.78, 5) is 12.8. The second-order valence-electron chi connectivity index (χ2n) is 9.15. The molecule has 2 aromatic carbocycles. The molecule has 3 rings (SSSR count). The Balaban J connectivity index is 1.89. The maximum atomic E-state index is 12.8. The number of hydrogen-bond acceptors (Lipinski definition) is 3. The third-order valence-corrected chi connectivity index (χ3v) is 10.4. The lowest BCUT2D eigenvalue weighted by molar-refractivity contribution is 0.105. The molecule has 0 aliphatic carbocycles. The monoisotopic (exact) mass is 433 g/mol. The molecule has 0 radical (unpaired) electrons. The Morgan fingerprint density at radius 3 is 2.45 bits per heavy atom. The number of fused-ring (bicyclic) bond motifs is 1.